The monoisotopic (exact) mass is 291 g/mol. The Morgan fingerprint density at radius 1 is 1.29 bits per heavy atom. The molecule has 1 rings (SSSR count). The zero-order chi connectivity index (χ0) is 15.5. The number of amides is 1. The minimum atomic E-state index is -0.172. The summed E-state index contributed by atoms with van der Waals surface area (Å²) in [6.45, 7) is 5.38. The molecule has 1 aromatic carbocycles. The second-order valence-corrected chi connectivity index (χ2v) is 4.14. The number of hydrogen-bond donors (Lipinski definition) is 2. The summed E-state index contributed by atoms with van der Waals surface area (Å²) < 4.78 is 10.9. The fourth-order valence-electron chi connectivity index (χ4n) is 1.68. The predicted octanol–water partition coefficient (Wildman–Crippen LogP) is 1.93. The largest absolute Gasteiger partial charge is 0.494 e. The van der Waals surface area contributed by atoms with Crippen molar-refractivity contribution in [2.45, 2.75) is 20.3 Å². The van der Waals surface area contributed by atoms with Gasteiger partial charge >= 0.3 is 0 Å². The zero-order valence-electron chi connectivity index (χ0n) is 12.4. The van der Waals surface area contributed by atoms with E-state index in [1.54, 1.807) is 6.07 Å². The molecule has 0 fully saturated rings. The molecule has 0 aromatic heterocycles. The molecule has 6 nitrogen and oxygen atoms in total. The highest BCUT2D eigenvalue weighted by Gasteiger charge is 2.07. The summed E-state index contributed by atoms with van der Waals surface area (Å²) in [7, 11) is 0. The Kier molecular flexibility index (Phi) is 7.51. The maximum atomic E-state index is 11.6. The molecule has 0 spiro atoms. The van der Waals surface area contributed by atoms with Crippen molar-refractivity contribution in [3.63, 3.8) is 0 Å². The van der Waals surface area contributed by atoms with Crippen LogP contribution in [-0.2, 0) is 4.79 Å². The minimum Gasteiger partial charge on any atom is -0.494 e. The molecular formula is C15H21N3O3. The van der Waals surface area contributed by atoms with Gasteiger partial charge < -0.3 is 20.1 Å². The minimum absolute atomic E-state index is 0.112. The highest BCUT2D eigenvalue weighted by Crippen LogP contribution is 2.29. The number of carbonyl (C=O) groups is 1. The molecule has 0 aliphatic rings. The van der Waals surface area contributed by atoms with Crippen molar-refractivity contribution in [2.24, 2.45) is 0 Å². The molecule has 1 amide bonds. The van der Waals surface area contributed by atoms with Crippen LogP contribution in [0.2, 0.25) is 0 Å². The van der Waals surface area contributed by atoms with Crippen LogP contribution in [0.5, 0.6) is 11.5 Å². The number of ether oxygens (including phenoxy) is 2. The number of nitrogens with zero attached hydrogens (tertiary/aromatic N) is 1. The maximum absolute atomic E-state index is 11.6. The lowest BCUT2D eigenvalue weighted by Crippen LogP contribution is -2.30. The Morgan fingerprint density at radius 3 is 2.71 bits per heavy atom. The van der Waals surface area contributed by atoms with E-state index in [4.69, 9.17) is 14.7 Å². The molecule has 0 saturated carbocycles. The Labute approximate surface area is 125 Å². The van der Waals surface area contributed by atoms with E-state index in [1.807, 2.05) is 32.0 Å². The standard InChI is InChI=1S/C15H21N3O3/c1-3-20-12-6-7-14(21-4-2)13(10-12)18-11-15(19)17-9-5-8-16/h6-7,10,18H,3-5,9,11H2,1-2H3,(H,17,19). The smallest absolute Gasteiger partial charge is 0.239 e. The van der Waals surface area contributed by atoms with Crippen LogP contribution in [-0.4, -0.2) is 32.2 Å². The summed E-state index contributed by atoms with van der Waals surface area (Å²) in [5, 5.41) is 14.1. The van der Waals surface area contributed by atoms with Gasteiger partial charge in [-0.15, -0.1) is 0 Å². The van der Waals surface area contributed by atoms with Crippen molar-refractivity contribution in [3.8, 4) is 17.6 Å². The van der Waals surface area contributed by atoms with Gasteiger partial charge in [0.1, 0.15) is 11.5 Å². The van der Waals surface area contributed by atoms with Gasteiger partial charge in [-0.3, -0.25) is 4.79 Å². The van der Waals surface area contributed by atoms with Gasteiger partial charge in [-0.2, -0.15) is 5.26 Å². The van der Waals surface area contributed by atoms with Crippen LogP contribution in [0, 0.1) is 11.3 Å². The van der Waals surface area contributed by atoms with Crippen LogP contribution in [0.3, 0.4) is 0 Å². The highest BCUT2D eigenvalue weighted by molar-refractivity contribution is 5.81. The van der Waals surface area contributed by atoms with E-state index in [1.165, 1.54) is 0 Å². The molecule has 0 aliphatic heterocycles. The summed E-state index contributed by atoms with van der Waals surface area (Å²) in [5.41, 5.74) is 0.707. The Bertz CT molecular complexity index is 497. The number of benzene rings is 1. The quantitative estimate of drug-likeness (QED) is 0.679. The van der Waals surface area contributed by atoms with Crippen molar-refractivity contribution in [1.29, 1.82) is 5.26 Å². The van der Waals surface area contributed by atoms with Gasteiger partial charge in [-0.05, 0) is 26.0 Å². The van der Waals surface area contributed by atoms with E-state index < -0.39 is 0 Å². The first-order valence-corrected chi connectivity index (χ1v) is 6.98. The van der Waals surface area contributed by atoms with Gasteiger partial charge in [0, 0.05) is 12.6 Å². The lowest BCUT2D eigenvalue weighted by atomic mass is 10.2. The highest BCUT2D eigenvalue weighted by atomic mass is 16.5. The van der Waals surface area contributed by atoms with E-state index in [2.05, 4.69) is 10.6 Å². The molecule has 0 atom stereocenters. The molecule has 21 heavy (non-hydrogen) atoms. The molecule has 1 aromatic rings. The third kappa shape index (κ3) is 6.04. The normalized spacial score (nSPS) is 9.57. The number of hydrogen-bond acceptors (Lipinski definition) is 5. The second-order valence-electron chi connectivity index (χ2n) is 4.14. The summed E-state index contributed by atoms with van der Waals surface area (Å²) in [6.07, 6.45) is 0.301. The second kappa shape index (κ2) is 9.48. The summed E-state index contributed by atoms with van der Waals surface area (Å²) in [6, 6.07) is 7.41. The van der Waals surface area contributed by atoms with Crippen LogP contribution in [0.25, 0.3) is 0 Å². The molecule has 0 radical (unpaired) electrons. The van der Waals surface area contributed by atoms with Crippen molar-refractivity contribution >= 4 is 11.6 Å². The third-order valence-electron chi connectivity index (χ3n) is 2.56. The first-order chi connectivity index (χ1) is 10.2. The molecule has 114 valence electrons. The lowest BCUT2D eigenvalue weighted by molar-refractivity contribution is -0.119. The predicted molar refractivity (Wildman–Crippen MR) is 80.5 cm³/mol. The lowest BCUT2D eigenvalue weighted by Gasteiger charge is -2.14. The topological polar surface area (TPSA) is 83.4 Å². The number of nitriles is 1. The fourth-order valence-corrected chi connectivity index (χ4v) is 1.68. The van der Waals surface area contributed by atoms with Gasteiger partial charge in [0.15, 0.2) is 0 Å². The van der Waals surface area contributed by atoms with Crippen molar-refractivity contribution < 1.29 is 14.3 Å². The van der Waals surface area contributed by atoms with Crippen LogP contribution in [0.1, 0.15) is 20.3 Å². The first kappa shape index (κ1) is 16.6. The average Bonchev–Trinajstić information content (AvgIpc) is 2.48. The molecule has 0 bridgehead atoms. The molecule has 6 heteroatoms. The van der Waals surface area contributed by atoms with E-state index in [0.717, 1.165) is 0 Å². The number of rotatable bonds is 9. The SMILES string of the molecule is CCOc1ccc(OCC)c(NCC(=O)NCCC#N)c1. The van der Waals surface area contributed by atoms with Crippen molar-refractivity contribution in [1.82, 2.24) is 5.32 Å². The van der Waals surface area contributed by atoms with Crippen LogP contribution < -0.4 is 20.1 Å². The molecule has 0 unspecified atom stereocenters. The molecule has 2 N–H and O–H groups in total. The zero-order valence-corrected chi connectivity index (χ0v) is 12.4. The van der Waals surface area contributed by atoms with Gasteiger partial charge in [0.05, 0.1) is 37.9 Å². The maximum Gasteiger partial charge on any atom is 0.239 e. The summed E-state index contributed by atoms with van der Waals surface area (Å²) in [5.74, 6) is 1.22. The van der Waals surface area contributed by atoms with Crippen molar-refractivity contribution in [2.75, 3.05) is 31.6 Å². The van der Waals surface area contributed by atoms with E-state index in [0.29, 0.717) is 43.4 Å². The third-order valence-corrected chi connectivity index (χ3v) is 2.56. The Balaban J connectivity index is 2.64. The van der Waals surface area contributed by atoms with Gasteiger partial charge in [0.2, 0.25) is 5.91 Å². The van der Waals surface area contributed by atoms with Gasteiger partial charge in [-0.25, -0.2) is 0 Å². The van der Waals surface area contributed by atoms with Crippen LogP contribution in [0.4, 0.5) is 5.69 Å². The average molecular weight is 291 g/mol. The number of nitrogens with one attached hydrogen (secondary N) is 2. The summed E-state index contributed by atoms with van der Waals surface area (Å²) >= 11 is 0. The van der Waals surface area contributed by atoms with Crippen LogP contribution >= 0.6 is 0 Å². The summed E-state index contributed by atoms with van der Waals surface area (Å²) in [4.78, 5) is 11.6. The van der Waals surface area contributed by atoms with Crippen LogP contribution in [0.15, 0.2) is 18.2 Å². The molecular weight excluding hydrogens is 270 g/mol. The molecule has 0 saturated heterocycles. The fraction of sp³-hybridized carbons (Fsp3) is 0.467. The number of anilines is 1. The van der Waals surface area contributed by atoms with E-state index in [-0.39, 0.29) is 12.5 Å². The Hall–Kier alpha value is -2.42. The van der Waals surface area contributed by atoms with Crippen molar-refractivity contribution in [3.05, 3.63) is 18.2 Å². The molecule has 0 heterocycles. The molecule has 0 aliphatic carbocycles. The van der Waals surface area contributed by atoms with Gasteiger partial charge in [-0.1, -0.05) is 0 Å². The number of carbonyl (C=O) groups excluding carboxylic acids is 1. The van der Waals surface area contributed by atoms with Gasteiger partial charge in [0.25, 0.3) is 0 Å². The van der Waals surface area contributed by atoms with E-state index >= 15 is 0 Å². The van der Waals surface area contributed by atoms with E-state index in [9.17, 15) is 4.79 Å². The Morgan fingerprint density at radius 2 is 2.05 bits per heavy atom. The first-order valence-electron chi connectivity index (χ1n) is 6.98.